The summed E-state index contributed by atoms with van der Waals surface area (Å²) in [6.45, 7) is 4.57. The summed E-state index contributed by atoms with van der Waals surface area (Å²) in [4.78, 5) is 26.2. The fourth-order valence-corrected chi connectivity index (χ4v) is 4.66. The summed E-state index contributed by atoms with van der Waals surface area (Å²) in [7, 11) is 0. The third kappa shape index (κ3) is 4.32. The number of aryl methyl sites for hydroxylation is 2. The number of nitrogens with two attached hydrogens (primary N) is 1. The molecule has 0 saturated heterocycles. The Morgan fingerprint density at radius 2 is 2.03 bits per heavy atom. The molecule has 0 aliphatic carbocycles. The molecule has 178 valence electrons. The van der Waals surface area contributed by atoms with Gasteiger partial charge in [-0.2, -0.15) is 5.26 Å². The van der Waals surface area contributed by atoms with E-state index in [4.69, 9.17) is 17.3 Å². The number of benzene rings is 1. The number of nitrogens with zero attached hydrogens (tertiary/aromatic N) is 5. The second-order valence-corrected chi connectivity index (χ2v) is 9.09. The second kappa shape index (κ2) is 9.29. The van der Waals surface area contributed by atoms with E-state index in [0.717, 1.165) is 33.3 Å². The molecule has 5 aromatic rings. The standard InChI is InChI=1S/C27H22ClN7O/c1-15-5-25(30)34-16(2)21(15)11-33-27(36)22-14-35(24-12-31-9-19(8-29)26(22)24)13-17-3-4-23-18(6-17)7-20(28)10-32-23/h3-7,9-10,12,14H,11,13H2,1-2H3,(H2,30,34)(H,33,36). The first kappa shape index (κ1) is 23.3. The lowest BCUT2D eigenvalue weighted by Crippen LogP contribution is -2.24. The van der Waals surface area contributed by atoms with Crippen LogP contribution < -0.4 is 11.1 Å². The molecular weight excluding hydrogens is 474 g/mol. The third-order valence-electron chi connectivity index (χ3n) is 6.22. The quantitative estimate of drug-likeness (QED) is 0.365. The van der Waals surface area contributed by atoms with Gasteiger partial charge in [0.05, 0.1) is 33.4 Å². The van der Waals surface area contributed by atoms with E-state index in [9.17, 15) is 10.1 Å². The van der Waals surface area contributed by atoms with Crippen LogP contribution in [0, 0.1) is 25.2 Å². The summed E-state index contributed by atoms with van der Waals surface area (Å²) in [6.07, 6.45) is 6.53. The van der Waals surface area contributed by atoms with Crippen LogP contribution in [0.5, 0.6) is 0 Å². The topological polar surface area (TPSA) is 123 Å². The van der Waals surface area contributed by atoms with Gasteiger partial charge in [-0.05, 0) is 54.8 Å². The molecule has 0 aliphatic heterocycles. The monoisotopic (exact) mass is 495 g/mol. The molecule has 0 aliphatic rings. The summed E-state index contributed by atoms with van der Waals surface area (Å²) >= 11 is 6.12. The number of nitrogen functional groups attached to an aromatic ring is 1. The SMILES string of the molecule is Cc1cc(N)nc(C)c1CNC(=O)c1cn(Cc2ccc3ncc(Cl)cc3c2)c2cncc(C#N)c12. The van der Waals surface area contributed by atoms with Gasteiger partial charge in [0.1, 0.15) is 11.9 Å². The Labute approximate surface area is 212 Å². The minimum absolute atomic E-state index is 0.286. The van der Waals surface area contributed by atoms with Gasteiger partial charge < -0.3 is 15.6 Å². The van der Waals surface area contributed by atoms with Crippen molar-refractivity contribution in [1.82, 2.24) is 24.8 Å². The van der Waals surface area contributed by atoms with Gasteiger partial charge in [-0.25, -0.2) is 4.98 Å². The number of aromatic nitrogens is 4. The van der Waals surface area contributed by atoms with Crippen molar-refractivity contribution in [3.05, 3.63) is 93.7 Å². The van der Waals surface area contributed by atoms with Crippen LogP contribution in [0.1, 0.15) is 38.3 Å². The molecule has 0 spiro atoms. The minimum atomic E-state index is -0.286. The highest BCUT2D eigenvalue weighted by Crippen LogP contribution is 2.26. The highest BCUT2D eigenvalue weighted by Gasteiger charge is 2.19. The van der Waals surface area contributed by atoms with Gasteiger partial charge in [0.25, 0.3) is 5.91 Å². The lowest BCUT2D eigenvalue weighted by molar-refractivity contribution is 0.0952. The number of fused-ring (bicyclic) bond motifs is 2. The van der Waals surface area contributed by atoms with Gasteiger partial charge in [0, 0.05) is 48.1 Å². The van der Waals surface area contributed by atoms with Crippen molar-refractivity contribution in [3.8, 4) is 6.07 Å². The Balaban J connectivity index is 1.51. The largest absolute Gasteiger partial charge is 0.384 e. The molecule has 0 saturated carbocycles. The maximum absolute atomic E-state index is 13.3. The van der Waals surface area contributed by atoms with Gasteiger partial charge in [-0.15, -0.1) is 0 Å². The summed E-state index contributed by atoms with van der Waals surface area (Å²) in [5.41, 5.74) is 11.7. The van der Waals surface area contributed by atoms with E-state index in [2.05, 4.69) is 26.3 Å². The summed E-state index contributed by atoms with van der Waals surface area (Å²) in [5, 5.41) is 14.8. The molecule has 0 bridgehead atoms. The molecule has 4 heterocycles. The van der Waals surface area contributed by atoms with Gasteiger partial charge in [-0.1, -0.05) is 17.7 Å². The number of nitriles is 1. The van der Waals surface area contributed by atoms with E-state index < -0.39 is 0 Å². The molecule has 1 aromatic carbocycles. The van der Waals surface area contributed by atoms with E-state index in [0.29, 0.717) is 46.0 Å². The summed E-state index contributed by atoms with van der Waals surface area (Å²) in [6, 6.07) is 11.8. The lowest BCUT2D eigenvalue weighted by Gasteiger charge is -2.11. The number of pyridine rings is 3. The first-order chi connectivity index (χ1) is 17.3. The maximum atomic E-state index is 13.3. The van der Waals surface area contributed by atoms with Gasteiger partial charge in [-0.3, -0.25) is 14.8 Å². The number of hydrogen-bond acceptors (Lipinski definition) is 6. The number of carbonyl (C=O) groups is 1. The van der Waals surface area contributed by atoms with Crippen molar-refractivity contribution in [2.45, 2.75) is 26.9 Å². The van der Waals surface area contributed by atoms with Crippen LogP contribution in [-0.4, -0.2) is 25.4 Å². The van der Waals surface area contributed by atoms with Gasteiger partial charge >= 0.3 is 0 Å². The maximum Gasteiger partial charge on any atom is 0.253 e. The highest BCUT2D eigenvalue weighted by atomic mass is 35.5. The van der Waals surface area contributed by atoms with Crippen molar-refractivity contribution < 1.29 is 4.79 Å². The van der Waals surface area contributed by atoms with E-state index in [-0.39, 0.29) is 5.91 Å². The number of carbonyl (C=O) groups excluding carboxylic acids is 1. The molecule has 36 heavy (non-hydrogen) atoms. The molecule has 0 fully saturated rings. The van der Waals surface area contributed by atoms with E-state index >= 15 is 0 Å². The molecular formula is C27H22ClN7O. The molecule has 4 aromatic heterocycles. The van der Waals surface area contributed by atoms with Crippen molar-refractivity contribution in [3.63, 3.8) is 0 Å². The van der Waals surface area contributed by atoms with Crippen LogP contribution in [0.4, 0.5) is 5.82 Å². The fraction of sp³-hybridized carbons (Fsp3) is 0.148. The molecule has 1 amide bonds. The molecule has 0 atom stereocenters. The molecule has 3 N–H and O–H groups in total. The Hall–Kier alpha value is -4.48. The summed E-state index contributed by atoms with van der Waals surface area (Å²) < 4.78 is 1.93. The lowest BCUT2D eigenvalue weighted by atomic mass is 10.1. The van der Waals surface area contributed by atoms with Crippen molar-refractivity contribution in [2.75, 3.05) is 5.73 Å². The van der Waals surface area contributed by atoms with E-state index in [1.165, 1.54) is 6.20 Å². The zero-order valence-electron chi connectivity index (χ0n) is 19.7. The minimum Gasteiger partial charge on any atom is -0.384 e. The molecule has 8 nitrogen and oxygen atoms in total. The van der Waals surface area contributed by atoms with Crippen LogP contribution in [-0.2, 0) is 13.1 Å². The van der Waals surface area contributed by atoms with Gasteiger partial charge in [0.2, 0.25) is 0 Å². The van der Waals surface area contributed by atoms with Crippen LogP contribution >= 0.6 is 11.6 Å². The van der Waals surface area contributed by atoms with Crippen molar-refractivity contribution in [2.24, 2.45) is 0 Å². The Morgan fingerprint density at radius 1 is 1.19 bits per heavy atom. The number of nitrogens with one attached hydrogen (secondary N) is 1. The van der Waals surface area contributed by atoms with Crippen LogP contribution in [0.2, 0.25) is 5.02 Å². The molecule has 5 rings (SSSR count). The Morgan fingerprint density at radius 3 is 2.81 bits per heavy atom. The van der Waals surface area contributed by atoms with Gasteiger partial charge in [0.15, 0.2) is 0 Å². The summed E-state index contributed by atoms with van der Waals surface area (Å²) in [5.74, 6) is 0.160. The average molecular weight is 496 g/mol. The highest BCUT2D eigenvalue weighted by molar-refractivity contribution is 6.31. The first-order valence-electron chi connectivity index (χ1n) is 11.3. The number of rotatable bonds is 5. The second-order valence-electron chi connectivity index (χ2n) is 8.65. The van der Waals surface area contributed by atoms with E-state index in [1.807, 2.05) is 42.7 Å². The zero-order valence-corrected chi connectivity index (χ0v) is 20.5. The Kier molecular flexibility index (Phi) is 6.00. The predicted molar refractivity (Wildman–Crippen MR) is 140 cm³/mol. The first-order valence-corrected chi connectivity index (χ1v) is 11.6. The Bertz CT molecular complexity index is 1680. The van der Waals surface area contributed by atoms with Crippen LogP contribution in [0.25, 0.3) is 21.8 Å². The number of anilines is 1. The molecule has 9 heteroatoms. The van der Waals surface area contributed by atoms with Crippen LogP contribution in [0.15, 0.2) is 55.1 Å². The zero-order chi connectivity index (χ0) is 25.4. The predicted octanol–water partition coefficient (Wildman–Crippen LogP) is 4.68. The number of hydrogen-bond donors (Lipinski definition) is 2. The average Bonchev–Trinajstić information content (AvgIpc) is 3.21. The fourth-order valence-electron chi connectivity index (χ4n) is 4.50. The normalized spacial score (nSPS) is 11.1. The third-order valence-corrected chi connectivity index (χ3v) is 6.43. The van der Waals surface area contributed by atoms with Crippen molar-refractivity contribution >= 4 is 45.1 Å². The van der Waals surface area contributed by atoms with Crippen molar-refractivity contribution in [1.29, 1.82) is 5.26 Å². The van der Waals surface area contributed by atoms with E-state index in [1.54, 1.807) is 24.7 Å². The van der Waals surface area contributed by atoms with Crippen LogP contribution in [0.3, 0.4) is 0 Å². The molecule has 0 radical (unpaired) electrons. The smallest absolute Gasteiger partial charge is 0.253 e. The number of halogens is 1. The number of amides is 1. The molecule has 0 unspecified atom stereocenters.